The molecule has 5 nitrogen and oxygen atoms in total. The molecule has 28 heavy (non-hydrogen) atoms. The number of allylic oxidation sites excluding steroid dienone is 4. The highest BCUT2D eigenvalue weighted by Crippen LogP contribution is 2.53. The zero-order valence-corrected chi connectivity index (χ0v) is 15.1. The Bertz CT molecular complexity index is 1090. The van der Waals surface area contributed by atoms with Crippen LogP contribution in [0.1, 0.15) is 6.92 Å². The first-order valence-corrected chi connectivity index (χ1v) is 9.07. The number of rotatable bonds is 2. The lowest BCUT2D eigenvalue weighted by atomic mass is 9.72. The van der Waals surface area contributed by atoms with Gasteiger partial charge in [-0.25, -0.2) is 9.18 Å². The number of benzene rings is 1. The molecule has 1 spiro atoms. The number of fused-ring (bicyclic) bond motifs is 2. The van der Waals surface area contributed by atoms with Gasteiger partial charge < -0.3 is 14.4 Å². The molecule has 2 aliphatic heterocycles. The second-order valence-electron chi connectivity index (χ2n) is 6.76. The maximum absolute atomic E-state index is 14.7. The largest absolute Gasteiger partial charge is 0.470 e. The fourth-order valence-corrected chi connectivity index (χ4v) is 4.22. The number of hydrogen-bond acceptors (Lipinski definition) is 5. The van der Waals surface area contributed by atoms with Crippen LogP contribution in [-0.2, 0) is 14.3 Å². The minimum absolute atomic E-state index is 0.0486. The van der Waals surface area contributed by atoms with E-state index < -0.39 is 23.2 Å². The Morgan fingerprint density at radius 1 is 1.32 bits per heavy atom. The Morgan fingerprint density at radius 2 is 2.18 bits per heavy atom. The lowest BCUT2D eigenvalue weighted by Crippen LogP contribution is -2.54. The summed E-state index contributed by atoms with van der Waals surface area (Å²) in [5, 5.41) is 0. The van der Waals surface area contributed by atoms with Crippen LogP contribution in [0.3, 0.4) is 0 Å². The normalized spacial score (nSPS) is 23.9. The van der Waals surface area contributed by atoms with Gasteiger partial charge in [0.1, 0.15) is 17.0 Å². The molecule has 0 saturated carbocycles. The second-order valence-corrected chi connectivity index (χ2v) is 6.76. The number of carbonyl (C=O) groups excluding carboxylic acids is 2. The van der Waals surface area contributed by atoms with Gasteiger partial charge in [0, 0.05) is 17.7 Å². The molecule has 0 fully saturated rings. The van der Waals surface area contributed by atoms with E-state index in [-0.39, 0.29) is 12.2 Å². The van der Waals surface area contributed by atoms with Crippen LogP contribution >= 0.6 is 0 Å². The fourth-order valence-electron chi connectivity index (χ4n) is 4.22. The van der Waals surface area contributed by atoms with E-state index in [1.165, 1.54) is 6.07 Å². The summed E-state index contributed by atoms with van der Waals surface area (Å²) in [7, 11) is 0. The molecule has 1 aromatic rings. The first kappa shape index (κ1) is 16.7. The maximum atomic E-state index is 14.7. The summed E-state index contributed by atoms with van der Waals surface area (Å²) in [6, 6.07) is 4.62. The highest BCUT2D eigenvalue weighted by Gasteiger charge is 2.54. The quantitative estimate of drug-likeness (QED) is 0.585. The minimum Gasteiger partial charge on any atom is -0.470 e. The summed E-state index contributed by atoms with van der Waals surface area (Å²) in [6.07, 6.45) is 10.5. The van der Waals surface area contributed by atoms with Gasteiger partial charge in [0.05, 0.1) is 12.3 Å². The van der Waals surface area contributed by atoms with Crippen molar-refractivity contribution in [3.05, 3.63) is 82.9 Å². The average Bonchev–Trinajstić information content (AvgIpc) is 2.69. The zero-order valence-electron chi connectivity index (χ0n) is 15.1. The maximum Gasteiger partial charge on any atom is 0.342 e. The number of ether oxygens (including phenoxy) is 2. The van der Waals surface area contributed by atoms with E-state index in [1.807, 2.05) is 0 Å². The molecule has 1 unspecified atom stereocenters. The molecule has 4 aliphatic rings. The van der Waals surface area contributed by atoms with E-state index in [9.17, 15) is 14.0 Å². The molecule has 0 bridgehead atoms. The number of para-hydroxylation sites is 1. The highest BCUT2D eigenvalue weighted by atomic mass is 19.1. The molecule has 1 atom stereocenters. The van der Waals surface area contributed by atoms with Crippen molar-refractivity contribution in [2.45, 2.75) is 12.5 Å². The highest BCUT2D eigenvalue weighted by molar-refractivity contribution is 6.28. The lowest BCUT2D eigenvalue weighted by molar-refractivity contribution is -0.140. The summed E-state index contributed by atoms with van der Waals surface area (Å²) < 4.78 is 26.1. The smallest absolute Gasteiger partial charge is 0.342 e. The van der Waals surface area contributed by atoms with Crippen molar-refractivity contribution in [1.82, 2.24) is 0 Å². The van der Waals surface area contributed by atoms with Gasteiger partial charge in [0.25, 0.3) is 0 Å². The van der Waals surface area contributed by atoms with Gasteiger partial charge >= 0.3 is 5.97 Å². The summed E-state index contributed by atoms with van der Waals surface area (Å²) in [5.74, 6) is -1.21. The predicted molar refractivity (Wildman–Crippen MR) is 100 cm³/mol. The molecule has 2 aliphatic carbocycles. The third-order valence-corrected chi connectivity index (χ3v) is 5.27. The fraction of sp³-hybridized carbons (Fsp3) is 0.182. The number of carbonyl (C=O) groups is 2. The topological polar surface area (TPSA) is 55.8 Å². The van der Waals surface area contributed by atoms with Gasteiger partial charge in [0.2, 0.25) is 5.78 Å². The van der Waals surface area contributed by atoms with Crippen LogP contribution in [0.2, 0.25) is 0 Å². The molecule has 0 amide bonds. The predicted octanol–water partition coefficient (Wildman–Crippen LogP) is 3.16. The van der Waals surface area contributed by atoms with E-state index in [1.54, 1.807) is 60.4 Å². The van der Waals surface area contributed by atoms with E-state index >= 15 is 0 Å². The van der Waals surface area contributed by atoms with Gasteiger partial charge in [-0.1, -0.05) is 36.4 Å². The van der Waals surface area contributed by atoms with Gasteiger partial charge in [-0.2, -0.15) is 0 Å². The monoisotopic (exact) mass is 377 g/mol. The lowest BCUT2D eigenvalue weighted by Gasteiger charge is -2.50. The Labute approximate surface area is 160 Å². The molecule has 140 valence electrons. The zero-order chi connectivity index (χ0) is 19.5. The Kier molecular flexibility index (Phi) is 3.46. The van der Waals surface area contributed by atoms with Crippen LogP contribution in [0.25, 0.3) is 0 Å². The van der Waals surface area contributed by atoms with Crippen LogP contribution in [0.15, 0.2) is 77.1 Å². The molecule has 1 aromatic carbocycles. The number of hydrogen-bond donors (Lipinski definition) is 0. The van der Waals surface area contributed by atoms with Crippen LogP contribution in [0.5, 0.6) is 5.75 Å². The summed E-state index contributed by atoms with van der Waals surface area (Å²) in [4.78, 5) is 27.7. The van der Waals surface area contributed by atoms with Crippen molar-refractivity contribution in [3.63, 3.8) is 0 Å². The first-order valence-electron chi connectivity index (χ1n) is 9.07. The van der Waals surface area contributed by atoms with Crippen molar-refractivity contribution in [3.8, 4) is 5.75 Å². The van der Waals surface area contributed by atoms with Crippen molar-refractivity contribution in [2.24, 2.45) is 0 Å². The molecule has 0 radical (unpaired) electrons. The molecule has 0 N–H and O–H groups in total. The number of esters is 1. The van der Waals surface area contributed by atoms with Gasteiger partial charge in [-0.05, 0) is 25.1 Å². The number of nitrogens with zero attached hydrogens (tertiary/aromatic N) is 1. The number of anilines is 1. The van der Waals surface area contributed by atoms with Crippen molar-refractivity contribution in [1.29, 1.82) is 0 Å². The first-order chi connectivity index (χ1) is 13.6. The van der Waals surface area contributed by atoms with Gasteiger partial charge in [0.15, 0.2) is 11.4 Å². The van der Waals surface area contributed by atoms with E-state index in [0.717, 1.165) is 0 Å². The Morgan fingerprint density at radius 3 is 3.00 bits per heavy atom. The molecule has 0 saturated heterocycles. The SMILES string of the molecule is CCOC(=O)C1=C2C=CC=CC23Oc2cccc(F)c2N2CC=CC(=C23)C1=O. The molecule has 6 heteroatoms. The van der Waals surface area contributed by atoms with Crippen LogP contribution in [0, 0.1) is 5.82 Å². The molecule has 2 heterocycles. The second kappa shape index (κ2) is 5.79. The van der Waals surface area contributed by atoms with Gasteiger partial charge in [-0.15, -0.1) is 0 Å². The molecule has 0 aromatic heterocycles. The molecular formula is C22H16FNO4. The standard InChI is InChI=1S/C22H16FNO4/c1-2-27-21(26)17-14-8-3-4-11-22(14)20-13(19(17)25)7-6-12-24(20)18-15(23)9-5-10-16(18)28-22/h3-11H,2,12H2,1H3. The number of Topliss-reactive ketones (excluding diaryl/α,β-unsaturated/α-hetero) is 1. The van der Waals surface area contributed by atoms with Crippen LogP contribution in [0.4, 0.5) is 10.1 Å². The molecular weight excluding hydrogens is 361 g/mol. The summed E-state index contributed by atoms with van der Waals surface area (Å²) in [6.45, 7) is 2.23. The van der Waals surface area contributed by atoms with Crippen molar-refractivity contribution < 1.29 is 23.5 Å². The number of ketones is 1. The van der Waals surface area contributed by atoms with Crippen LogP contribution < -0.4 is 9.64 Å². The van der Waals surface area contributed by atoms with Gasteiger partial charge in [-0.3, -0.25) is 4.79 Å². The Hall–Kier alpha value is -3.41. The van der Waals surface area contributed by atoms with Crippen molar-refractivity contribution in [2.75, 3.05) is 18.1 Å². The third kappa shape index (κ3) is 2.00. The summed E-state index contributed by atoms with van der Waals surface area (Å²) in [5.41, 5.74) is 0.304. The third-order valence-electron chi connectivity index (χ3n) is 5.27. The molecule has 5 rings (SSSR count). The average molecular weight is 377 g/mol. The van der Waals surface area contributed by atoms with Crippen molar-refractivity contribution >= 4 is 17.4 Å². The number of halogens is 1. The van der Waals surface area contributed by atoms with E-state index in [0.29, 0.717) is 34.8 Å². The minimum atomic E-state index is -1.19. The Balaban J connectivity index is 1.84. The summed E-state index contributed by atoms with van der Waals surface area (Å²) >= 11 is 0. The van der Waals surface area contributed by atoms with E-state index in [2.05, 4.69) is 0 Å². The van der Waals surface area contributed by atoms with Crippen LogP contribution in [-0.4, -0.2) is 30.5 Å². The van der Waals surface area contributed by atoms with E-state index in [4.69, 9.17) is 9.47 Å².